The van der Waals surface area contributed by atoms with Crippen LogP contribution in [0.4, 0.5) is 0 Å². The maximum absolute atomic E-state index is 5.95. The van der Waals surface area contributed by atoms with Gasteiger partial charge in [0, 0.05) is 11.6 Å². The van der Waals surface area contributed by atoms with Crippen molar-refractivity contribution in [3.05, 3.63) is 70.2 Å². The Kier molecular flexibility index (Phi) is 6.24. The zero-order chi connectivity index (χ0) is 15.1. The lowest BCUT2D eigenvalue weighted by Gasteiger charge is -2.12. The summed E-state index contributed by atoms with van der Waals surface area (Å²) in [6.07, 6.45) is 0. The second-order valence-corrected chi connectivity index (χ2v) is 5.76. The summed E-state index contributed by atoms with van der Waals surface area (Å²) in [4.78, 5) is 0. The highest BCUT2D eigenvalue weighted by molar-refractivity contribution is 6.30. The summed E-state index contributed by atoms with van der Waals surface area (Å²) >= 11 is 5.95. The third-order valence-electron chi connectivity index (χ3n) is 3.49. The van der Waals surface area contributed by atoms with Crippen LogP contribution in [0, 0.1) is 0 Å². The number of rotatable bonds is 7. The third-order valence-corrected chi connectivity index (χ3v) is 3.72. The van der Waals surface area contributed by atoms with E-state index in [9.17, 15) is 0 Å². The van der Waals surface area contributed by atoms with Gasteiger partial charge in [0.25, 0.3) is 0 Å². The van der Waals surface area contributed by atoms with Crippen LogP contribution in [0.1, 0.15) is 29.5 Å². The Bertz CT molecular complexity index is 553. The van der Waals surface area contributed by atoms with E-state index in [1.54, 1.807) is 0 Å². The number of ether oxygens (including phenoxy) is 1. The van der Waals surface area contributed by atoms with Crippen LogP contribution < -0.4 is 5.32 Å². The molecule has 0 fully saturated rings. The van der Waals surface area contributed by atoms with Gasteiger partial charge in [-0.1, -0.05) is 54.9 Å². The van der Waals surface area contributed by atoms with Gasteiger partial charge >= 0.3 is 0 Å². The molecule has 0 aliphatic carbocycles. The van der Waals surface area contributed by atoms with Crippen LogP contribution in [0.5, 0.6) is 0 Å². The molecular weight excluding hydrogens is 282 g/mol. The highest BCUT2D eigenvalue weighted by Gasteiger charge is 2.04. The fourth-order valence-electron chi connectivity index (χ4n) is 2.28. The van der Waals surface area contributed by atoms with Crippen molar-refractivity contribution in [3.63, 3.8) is 0 Å². The van der Waals surface area contributed by atoms with Gasteiger partial charge in [0.05, 0.1) is 13.2 Å². The predicted octanol–water partition coefficient (Wildman–Crippen LogP) is 4.38. The van der Waals surface area contributed by atoms with Gasteiger partial charge in [-0.15, -0.1) is 0 Å². The number of hydrogen-bond donors (Lipinski definition) is 1. The molecule has 0 aliphatic heterocycles. The first kappa shape index (κ1) is 16.0. The van der Waals surface area contributed by atoms with Crippen LogP contribution in [0.2, 0.25) is 5.02 Å². The Morgan fingerprint density at radius 2 is 1.76 bits per heavy atom. The van der Waals surface area contributed by atoms with Gasteiger partial charge in [-0.2, -0.15) is 0 Å². The maximum atomic E-state index is 5.95. The molecule has 21 heavy (non-hydrogen) atoms. The molecule has 2 aromatic carbocycles. The molecular formula is C18H22ClNO. The van der Waals surface area contributed by atoms with Gasteiger partial charge in [0.15, 0.2) is 0 Å². The smallest absolute Gasteiger partial charge is 0.0721 e. The molecule has 1 atom stereocenters. The first-order valence-corrected chi connectivity index (χ1v) is 7.62. The van der Waals surface area contributed by atoms with Gasteiger partial charge in [0.2, 0.25) is 0 Å². The van der Waals surface area contributed by atoms with Crippen molar-refractivity contribution >= 4 is 11.6 Å². The predicted molar refractivity (Wildman–Crippen MR) is 88.7 cm³/mol. The number of hydrogen-bond acceptors (Lipinski definition) is 2. The topological polar surface area (TPSA) is 21.3 Å². The molecule has 0 saturated carbocycles. The summed E-state index contributed by atoms with van der Waals surface area (Å²) in [5.41, 5.74) is 3.64. The number of nitrogens with one attached hydrogen (secondary N) is 1. The first-order valence-electron chi connectivity index (χ1n) is 7.24. The van der Waals surface area contributed by atoms with Crippen LogP contribution in [0.15, 0.2) is 48.5 Å². The number of likely N-dealkylation sites (N-methyl/N-ethyl adjacent to an activating group) is 1. The molecule has 2 aromatic rings. The highest BCUT2D eigenvalue weighted by Crippen LogP contribution is 2.16. The van der Waals surface area contributed by atoms with E-state index in [1.165, 1.54) is 11.1 Å². The number of halogens is 1. The van der Waals surface area contributed by atoms with E-state index in [2.05, 4.69) is 36.5 Å². The van der Waals surface area contributed by atoms with Crippen LogP contribution in [0.3, 0.4) is 0 Å². The molecule has 0 heterocycles. The average Bonchev–Trinajstić information content (AvgIpc) is 2.48. The van der Waals surface area contributed by atoms with E-state index < -0.39 is 0 Å². The molecule has 1 N–H and O–H groups in total. The summed E-state index contributed by atoms with van der Waals surface area (Å²) in [7, 11) is 1.98. The second-order valence-electron chi connectivity index (χ2n) is 5.32. The molecule has 0 aliphatic rings. The highest BCUT2D eigenvalue weighted by atomic mass is 35.5. The molecule has 2 nitrogen and oxygen atoms in total. The summed E-state index contributed by atoms with van der Waals surface area (Å²) in [5, 5.41) is 3.95. The standard InChI is InChI=1S/C18H22ClNO/c1-14(11-20-2)17-8-6-15(7-9-17)12-21-13-16-4-3-5-18(19)10-16/h3-10,14,20H,11-13H2,1-2H3. The van der Waals surface area contributed by atoms with Crippen molar-refractivity contribution in [3.8, 4) is 0 Å². The molecule has 112 valence electrons. The van der Waals surface area contributed by atoms with Crippen molar-refractivity contribution in [2.75, 3.05) is 13.6 Å². The normalized spacial score (nSPS) is 12.3. The van der Waals surface area contributed by atoms with Gasteiger partial charge < -0.3 is 10.1 Å². The average molecular weight is 304 g/mol. The summed E-state index contributed by atoms with van der Waals surface area (Å²) in [6.45, 7) is 4.41. The minimum atomic E-state index is 0.524. The van der Waals surface area contributed by atoms with Crippen molar-refractivity contribution in [2.24, 2.45) is 0 Å². The quantitative estimate of drug-likeness (QED) is 0.819. The van der Waals surface area contributed by atoms with Crippen molar-refractivity contribution < 1.29 is 4.74 Å². The van der Waals surface area contributed by atoms with Gasteiger partial charge in [-0.3, -0.25) is 0 Å². The molecule has 0 radical (unpaired) electrons. The summed E-state index contributed by atoms with van der Waals surface area (Å²) in [6, 6.07) is 16.4. The van der Waals surface area contributed by atoms with E-state index in [0.29, 0.717) is 19.1 Å². The fourth-order valence-corrected chi connectivity index (χ4v) is 2.49. The van der Waals surface area contributed by atoms with Crippen LogP contribution in [-0.2, 0) is 18.0 Å². The van der Waals surface area contributed by atoms with Crippen molar-refractivity contribution in [2.45, 2.75) is 26.1 Å². The second kappa shape index (κ2) is 8.18. The molecule has 2 rings (SSSR count). The minimum absolute atomic E-state index is 0.524. The molecule has 1 unspecified atom stereocenters. The lowest BCUT2D eigenvalue weighted by atomic mass is 10.00. The van der Waals surface area contributed by atoms with E-state index in [0.717, 1.165) is 17.1 Å². The Hall–Kier alpha value is -1.35. The molecule has 0 amide bonds. The van der Waals surface area contributed by atoms with Crippen molar-refractivity contribution in [1.29, 1.82) is 0 Å². The summed E-state index contributed by atoms with van der Waals surface area (Å²) < 4.78 is 5.74. The van der Waals surface area contributed by atoms with E-state index >= 15 is 0 Å². The minimum Gasteiger partial charge on any atom is -0.372 e. The van der Waals surface area contributed by atoms with E-state index in [-0.39, 0.29) is 0 Å². The third kappa shape index (κ3) is 5.16. The molecule has 3 heteroatoms. The lowest BCUT2D eigenvalue weighted by molar-refractivity contribution is 0.107. The van der Waals surface area contributed by atoms with E-state index in [4.69, 9.17) is 16.3 Å². The van der Waals surface area contributed by atoms with Crippen LogP contribution >= 0.6 is 11.6 Å². The Balaban J connectivity index is 1.83. The van der Waals surface area contributed by atoms with E-state index in [1.807, 2.05) is 31.3 Å². The Labute approximate surface area is 132 Å². The van der Waals surface area contributed by atoms with Gasteiger partial charge in [-0.05, 0) is 41.8 Å². The van der Waals surface area contributed by atoms with Crippen molar-refractivity contribution in [1.82, 2.24) is 5.32 Å². The first-order chi connectivity index (χ1) is 10.2. The number of benzene rings is 2. The lowest BCUT2D eigenvalue weighted by Crippen LogP contribution is -2.14. The SMILES string of the molecule is CNCC(C)c1ccc(COCc2cccc(Cl)c2)cc1. The largest absolute Gasteiger partial charge is 0.372 e. The molecule has 0 spiro atoms. The Morgan fingerprint density at radius 1 is 1.05 bits per heavy atom. The monoisotopic (exact) mass is 303 g/mol. The summed E-state index contributed by atoms with van der Waals surface area (Å²) in [5.74, 6) is 0.524. The molecule has 0 saturated heterocycles. The maximum Gasteiger partial charge on any atom is 0.0721 e. The zero-order valence-corrected chi connectivity index (χ0v) is 13.4. The fraction of sp³-hybridized carbons (Fsp3) is 0.333. The Morgan fingerprint density at radius 3 is 2.43 bits per heavy atom. The zero-order valence-electron chi connectivity index (χ0n) is 12.6. The van der Waals surface area contributed by atoms with Crippen LogP contribution in [-0.4, -0.2) is 13.6 Å². The molecule has 0 bridgehead atoms. The van der Waals surface area contributed by atoms with Gasteiger partial charge in [0.1, 0.15) is 0 Å². The van der Waals surface area contributed by atoms with Crippen LogP contribution in [0.25, 0.3) is 0 Å². The molecule has 0 aromatic heterocycles. The van der Waals surface area contributed by atoms with Gasteiger partial charge in [-0.25, -0.2) is 0 Å².